The van der Waals surface area contributed by atoms with Crippen LogP contribution in [0, 0.1) is 0 Å². The molecule has 6 nitrogen and oxygen atoms in total. The van der Waals surface area contributed by atoms with Gasteiger partial charge >= 0.3 is 0 Å². The van der Waals surface area contributed by atoms with Gasteiger partial charge in [-0.15, -0.1) is 10.2 Å². The number of ether oxygens (including phenoxy) is 1. The van der Waals surface area contributed by atoms with E-state index in [9.17, 15) is 4.79 Å². The number of anilines is 1. The maximum absolute atomic E-state index is 12.6. The summed E-state index contributed by atoms with van der Waals surface area (Å²) < 4.78 is 10.8. The van der Waals surface area contributed by atoms with Gasteiger partial charge in [0.05, 0.1) is 18.8 Å². The molecule has 0 N–H and O–H groups in total. The summed E-state index contributed by atoms with van der Waals surface area (Å²) in [6.45, 7) is 1.83. The van der Waals surface area contributed by atoms with E-state index in [4.69, 9.17) is 9.15 Å². The van der Waals surface area contributed by atoms with Crippen LogP contribution < -0.4 is 9.64 Å². The fourth-order valence-electron chi connectivity index (χ4n) is 2.53. The van der Waals surface area contributed by atoms with Gasteiger partial charge in [0.1, 0.15) is 5.75 Å². The summed E-state index contributed by atoms with van der Waals surface area (Å²) in [7, 11) is 3.39. The lowest BCUT2D eigenvalue weighted by Crippen LogP contribution is -2.33. The summed E-state index contributed by atoms with van der Waals surface area (Å²) in [5.74, 6) is 1.29. The minimum atomic E-state index is -0.343. The van der Waals surface area contributed by atoms with Gasteiger partial charge in [0.15, 0.2) is 0 Å². The third-order valence-corrected chi connectivity index (χ3v) is 4.98. The van der Waals surface area contributed by atoms with Gasteiger partial charge in [-0.1, -0.05) is 42.1 Å². The van der Waals surface area contributed by atoms with Crippen molar-refractivity contribution in [2.24, 2.45) is 0 Å². The van der Waals surface area contributed by atoms with Crippen LogP contribution in [-0.2, 0) is 11.2 Å². The Bertz CT molecular complexity index is 881. The van der Waals surface area contributed by atoms with Crippen molar-refractivity contribution in [2.45, 2.75) is 23.8 Å². The van der Waals surface area contributed by atoms with Gasteiger partial charge in [0, 0.05) is 12.7 Å². The third-order valence-electron chi connectivity index (χ3n) is 4.06. The zero-order chi connectivity index (χ0) is 19.2. The summed E-state index contributed by atoms with van der Waals surface area (Å²) in [5.41, 5.74) is 1.89. The topological polar surface area (TPSA) is 68.5 Å². The van der Waals surface area contributed by atoms with Crippen LogP contribution >= 0.6 is 11.8 Å². The first-order chi connectivity index (χ1) is 13.1. The second-order valence-electron chi connectivity index (χ2n) is 5.98. The van der Waals surface area contributed by atoms with E-state index in [1.54, 1.807) is 19.1 Å². The molecule has 27 heavy (non-hydrogen) atoms. The van der Waals surface area contributed by atoms with Crippen LogP contribution in [0.3, 0.4) is 0 Å². The van der Waals surface area contributed by atoms with Crippen LogP contribution in [-0.4, -0.2) is 35.5 Å². The van der Waals surface area contributed by atoms with E-state index in [1.165, 1.54) is 11.8 Å². The average Bonchev–Trinajstić information content (AvgIpc) is 3.14. The molecule has 0 saturated heterocycles. The highest BCUT2D eigenvalue weighted by Crippen LogP contribution is 2.25. The summed E-state index contributed by atoms with van der Waals surface area (Å²) in [4.78, 5) is 14.2. The first-order valence-electron chi connectivity index (χ1n) is 8.51. The number of benzene rings is 2. The molecule has 1 heterocycles. The number of hydrogen-bond acceptors (Lipinski definition) is 6. The molecule has 140 valence electrons. The summed E-state index contributed by atoms with van der Waals surface area (Å²) in [5, 5.41) is 8.17. The predicted octanol–water partition coefficient (Wildman–Crippen LogP) is 3.81. The minimum absolute atomic E-state index is 0.0268. The molecular weight excluding hydrogens is 362 g/mol. The molecule has 0 aliphatic heterocycles. The number of thioether (sulfide) groups is 1. The predicted molar refractivity (Wildman–Crippen MR) is 105 cm³/mol. The number of carbonyl (C=O) groups excluding carboxylic acids is 1. The molecule has 0 aliphatic rings. The van der Waals surface area contributed by atoms with E-state index in [0.717, 1.165) is 17.0 Å². The zero-order valence-corrected chi connectivity index (χ0v) is 16.3. The Labute approximate surface area is 162 Å². The first kappa shape index (κ1) is 19.0. The van der Waals surface area contributed by atoms with Crippen molar-refractivity contribution in [3.05, 3.63) is 66.1 Å². The van der Waals surface area contributed by atoms with Crippen molar-refractivity contribution < 1.29 is 13.9 Å². The van der Waals surface area contributed by atoms with E-state index in [2.05, 4.69) is 10.2 Å². The van der Waals surface area contributed by atoms with E-state index < -0.39 is 0 Å². The highest BCUT2D eigenvalue weighted by molar-refractivity contribution is 8.00. The Morgan fingerprint density at radius 2 is 1.85 bits per heavy atom. The Morgan fingerprint density at radius 1 is 1.15 bits per heavy atom. The van der Waals surface area contributed by atoms with Crippen LogP contribution in [0.5, 0.6) is 5.75 Å². The van der Waals surface area contributed by atoms with Crippen LogP contribution in [0.1, 0.15) is 18.4 Å². The zero-order valence-electron chi connectivity index (χ0n) is 15.5. The fourth-order valence-corrected chi connectivity index (χ4v) is 3.32. The molecule has 0 radical (unpaired) electrons. The number of para-hydroxylation sites is 1. The van der Waals surface area contributed by atoms with E-state index in [0.29, 0.717) is 17.5 Å². The average molecular weight is 383 g/mol. The molecule has 1 aromatic heterocycles. The molecule has 1 amide bonds. The lowest BCUT2D eigenvalue weighted by molar-refractivity contribution is -0.117. The third kappa shape index (κ3) is 4.89. The monoisotopic (exact) mass is 383 g/mol. The first-order valence-corrected chi connectivity index (χ1v) is 9.39. The number of carbonyl (C=O) groups is 1. The molecular formula is C20H21N3O3S. The van der Waals surface area contributed by atoms with Crippen molar-refractivity contribution in [1.82, 2.24) is 10.2 Å². The normalized spacial score (nSPS) is 11.8. The summed E-state index contributed by atoms with van der Waals surface area (Å²) in [6, 6.07) is 17.2. The molecule has 1 unspecified atom stereocenters. The second-order valence-corrected chi connectivity index (χ2v) is 7.27. The Hall–Kier alpha value is -2.80. The molecule has 0 fully saturated rings. The van der Waals surface area contributed by atoms with Crippen molar-refractivity contribution in [1.29, 1.82) is 0 Å². The smallest absolute Gasteiger partial charge is 0.277 e. The van der Waals surface area contributed by atoms with Crippen LogP contribution in [0.2, 0.25) is 0 Å². The van der Waals surface area contributed by atoms with Crippen molar-refractivity contribution in [2.75, 3.05) is 19.1 Å². The number of aromatic nitrogens is 2. The SMILES string of the molecule is COc1ccc(Cc2nnc(SC(C)C(=O)N(C)c3ccccc3)o2)cc1. The summed E-state index contributed by atoms with van der Waals surface area (Å²) >= 11 is 1.26. The molecule has 1 atom stereocenters. The molecule has 0 bridgehead atoms. The van der Waals surface area contributed by atoms with E-state index >= 15 is 0 Å². The van der Waals surface area contributed by atoms with Crippen molar-refractivity contribution in [3.8, 4) is 5.75 Å². The Balaban J connectivity index is 1.60. The van der Waals surface area contributed by atoms with Crippen LogP contribution in [0.4, 0.5) is 5.69 Å². The Morgan fingerprint density at radius 3 is 2.52 bits per heavy atom. The lowest BCUT2D eigenvalue weighted by Gasteiger charge is -2.20. The molecule has 7 heteroatoms. The largest absolute Gasteiger partial charge is 0.497 e. The van der Waals surface area contributed by atoms with Gasteiger partial charge in [-0.25, -0.2) is 0 Å². The molecule has 0 aliphatic carbocycles. The molecule has 0 spiro atoms. The minimum Gasteiger partial charge on any atom is -0.497 e. The summed E-state index contributed by atoms with van der Waals surface area (Å²) in [6.07, 6.45) is 0.532. The highest BCUT2D eigenvalue weighted by atomic mass is 32.2. The number of rotatable bonds is 7. The van der Waals surface area contributed by atoms with Crippen LogP contribution in [0.25, 0.3) is 0 Å². The standard InChI is InChI=1S/C20H21N3O3S/c1-14(19(24)23(2)16-7-5-4-6-8-16)27-20-22-21-18(26-20)13-15-9-11-17(25-3)12-10-15/h4-12,14H,13H2,1-3H3. The van der Waals surface area contributed by atoms with Crippen molar-refractivity contribution in [3.63, 3.8) is 0 Å². The number of hydrogen-bond donors (Lipinski definition) is 0. The quantitative estimate of drug-likeness (QED) is 0.578. The second kappa shape index (κ2) is 8.73. The lowest BCUT2D eigenvalue weighted by atomic mass is 10.1. The van der Waals surface area contributed by atoms with E-state index in [1.807, 2.05) is 61.5 Å². The maximum atomic E-state index is 12.6. The fraction of sp³-hybridized carbons (Fsp3) is 0.250. The highest BCUT2D eigenvalue weighted by Gasteiger charge is 2.22. The molecule has 2 aromatic carbocycles. The van der Waals surface area contributed by atoms with Gasteiger partial charge < -0.3 is 14.1 Å². The maximum Gasteiger partial charge on any atom is 0.277 e. The molecule has 3 rings (SSSR count). The molecule has 3 aromatic rings. The van der Waals surface area contributed by atoms with Gasteiger partial charge in [-0.05, 0) is 36.8 Å². The van der Waals surface area contributed by atoms with Crippen LogP contribution in [0.15, 0.2) is 64.2 Å². The van der Waals surface area contributed by atoms with Gasteiger partial charge in [0.2, 0.25) is 11.8 Å². The van der Waals surface area contributed by atoms with E-state index in [-0.39, 0.29) is 11.2 Å². The molecule has 0 saturated carbocycles. The van der Waals surface area contributed by atoms with Crippen molar-refractivity contribution >= 4 is 23.4 Å². The Kier molecular flexibility index (Phi) is 6.13. The van der Waals surface area contributed by atoms with Gasteiger partial charge in [0.25, 0.3) is 5.22 Å². The number of nitrogens with zero attached hydrogens (tertiary/aromatic N) is 3. The number of amides is 1. The van der Waals surface area contributed by atoms with Gasteiger partial charge in [-0.2, -0.15) is 0 Å². The van der Waals surface area contributed by atoms with Gasteiger partial charge in [-0.3, -0.25) is 4.79 Å². The number of methoxy groups -OCH3 is 1.